The number of esters is 1. The normalized spacial score (nSPS) is 11.6. The maximum absolute atomic E-state index is 12.2. The lowest BCUT2D eigenvalue weighted by atomic mass is 10.3. The smallest absolute Gasteiger partial charge is 0.335 e. The number of hydrogen-bond acceptors (Lipinski definition) is 6. The van der Waals surface area contributed by atoms with Gasteiger partial charge in [-0.05, 0) is 43.3 Å². The molecule has 2 N–H and O–H groups in total. The molecule has 0 heterocycles. The lowest BCUT2D eigenvalue weighted by Crippen LogP contribution is -2.14. The van der Waals surface area contributed by atoms with E-state index in [0.717, 1.165) is 6.08 Å². The Hall–Kier alpha value is -3.74. The second-order valence-electron chi connectivity index (χ2n) is 5.07. The third-order valence-corrected chi connectivity index (χ3v) is 3.08. The highest BCUT2D eigenvalue weighted by Crippen LogP contribution is 2.20. The van der Waals surface area contributed by atoms with Gasteiger partial charge in [-0.15, -0.1) is 5.11 Å². The SMILES string of the molecule is C=CC(=O)Oc1ccc(N=NC(C(=O)Nc2ccccc2)=C(C)O)cc1. The van der Waals surface area contributed by atoms with Crippen LogP contribution in [0.3, 0.4) is 0 Å². The van der Waals surface area contributed by atoms with Gasteiger partial charge in [0.05, 0.1) is 5.69 Å². The van der Waals surface area contributed by atoms with E-state index >= 15 is 0 Å². The lowest BCUT2D eigenvalue weighted by molar-refractivity contribution is -0.129. The van der Waals surface area contributed by atoms with Crippen LogP contribution in [0.4, 0.5) is 11.4 Å². The molecule has 0 atom stereocenters. The topological polar surface area (TPSA) is 100 Å². The van der Waals surface area contributed by atoms with Crippen molar-refractivity contribution in [3.05, 3.63) is 78.7 Å². The van der Waals surface area contributed by atoms with Crippen LogP contribution in [0.5, 0.6) is 5.75 Å². The van der Waals surface area contributed by atoms with Gasteiger partial charge in [-0.1, -0.05) is 24.8 Å². The van der Waals surface area contributed by atoms with Gasteiger partial charge in [-0.3, -0.25) is 4.79 Å². The van der Waals surface area contributed by atoms with E-state index in [9.17, 15) is 14.7 Å². The molecule has 0 aromatic heterocycles. The molecule has 2 aromatic carbocycles. The van der Waals surface area contributed by atoms with Crippen molar-refractivity contribution in [2.24, 2.45) is 10.2 Å². The Kier molecular flexibility index (Phi) is 6.39. The van der Waals surface area contributed by atoms with Crippen LogP contribution in [0.15, 0.2) is 88.9 Å². The predicted octanol–water partition coefficient (Wildman–Crippen LogP) is 4.29. The molecule has 0 unspecified atom stereocenters. The van der Waals surface area contributed by atoms with Crippen LogP contribution < -0.4 is 10.1 Å². The van der Waals surface area contributed by atoms with Gasteiger partial charge in [0.2, 0.25) is 0 Å². The minimum Gasteiger partial charge on any atom is -0.510 e. The van der Waals surface area contributed by atoms with Gasteiger partial charge >= 0.3 is 5.97 Å². The number of azo groups is 1. The molecule has 0 radical (unpaired) electrons. The van der Waals surface area contributed by atoms with Crippen LogP contribution in [-0.2, 0) is 9.59 Å². The lowest BCUT2D eigenvalue weighted by Gasteiger charge is -2.05. The Morgan fingerprint density at radius 1 is 1.12 bits per heavy atom. The Balaban J connectivity index is 2.10. The molecule has 1 amide bonds. The quantitative estimate of drug-likeness (QED) is 0.266. The van der Waals surface area contributed by atoms with Gasteiger partial charge in [-0.2, -0.15) is 5.11 Å². The maximum atomic E-state index is 12.2. The number of carbonyl (C=O) groups is 2. The number of rotatable bonds is 6. The van der Waals surface area contributed by atoms with Crippen molar-refractivity contribution < 1.29 is 19.4 Å². The zero-order chi connectivity index (χ0) is 18.9. The van der Waals surface area contributed by atoms with Crippen LogP contribution >= 0.6 is 0 Å². The number of aliphatic hydroxyl groups is 1. The maximum Gasteiger partial charge on any atom is 0.335 e. The molecule has 0 saturated carbocycles. The highest BCUT2D eigenvalue weighted by atomic mass is 16.5. The summed E-state index contributed by atoms with van der Waals surface area (Å²) in [5.74, 6) is -1.10. The molecule has 0 saturated heterocycles. The molecular weight excluding hydrogens is 334 g/mol. The molecule has 0 spiro atoms. The first kappa shape index (κ1) is 18.6. The molecular formula is C19H17N3O4. The van der Waals surface area contributed by atoms with Crippen molar-refractivity contribution in [2.45, 2.75) is 6.92 Å². The molecule has 7 heteroatoms. The van der Waals surface area contributed by atoms with Gasteiger partial charge in [-0.25, -0.2) is 4.79 Å². The first-order valence-electron chi connectivity index (χ1n) is 7.62. The van der Waals surface area contributed by atoms with E-state index in [-0.39, 0.29) is 11.5 Å². The fourth-order valence-electron chi connectivity index (χ4n) is 1.84. The van der Waals surface area contributed by atoms with Gasteiger partial charge < -0.3 is 15.2 Å². The highest BCUT2D eigenvalue weighted by Gasteiger charge is 2.13. The Morgan fingerprint density at radius 3 is 2.35 bits per heavy atom. The number of anilines is 1. The fraction of sp³-hybridized carbons (Fsp3) is 0.0526. The van der Waals surface area contributed by atoms with E-state index in [4.69, 9.17) is 4.74 Å². The van der Waals surface area contributed by atoms with Crippen molar-refractivity contribution in [3.8, 4) is 5.75 Å². The summed E-state index contributed by atoms with van der Waals surface area (Å²) in [4.78, 5) is 23.4. The van der Waals surface area contributed by atoms with Crippen molar-refractivity contribution >= 4 is 23.3 Å². The minimum atomic E-state index is -0.587. The van der Waals surface area contributed by atoms with E-state index in [0.29, 0.717) is 17.1 Å². The molecule has 0 bridgehead atoms. The summed E-state index contributed by atoms with van der Waals surface area (Å²) in [5, 5.41) is 20.1. The molecule has 26 heavy (non-hydrogen) atoms. The highest BCUT2D eigenvalue weighted by molar-refractivity contribution is 6.03. The summed E-state index contributed by atoms with van der Waals surface area (Å²) < 4.78 is 4.94. The molecule has 2 rings (SSSR count). The monoisotopic (exact) mass is 351 g/mol. The van der Waals surface area contributed by atoms with Gasteiger partial charge in [0.25, 0.3) is 5.91 Å². The van der Waals surface area contributed by atoms with Crippen LogP contribution in [0.2, 0.25) is 0 Å². The van der Waals surface area contributed by atoms with Crippen molar-refractivity contribution in [1.82, 2.24) is 0 Å². The van der Waals surface area contributed by atoms with Crippen LogP contribution in [-0.4, -0.2) is 17.0 Å². The molecule has 0 fully saturated rings. The molecule has 0 aliphatic heterocycles. The fourth-order valence-corrected chi connectivity index (χ4v) is 1.84. The van der Waals surface area contributed by atoms with Gasteiger partial charge in [0, 0.05) is 11.8 Å². The molecule has 132 valence electrons. The number of amides is 1. The van der Waals surface area contributed by atoms with Crippen molar-refractivity contribution in [1.29, 1.82) is 0 Å². The van der Waals surface area contributed by atoms with Crippen LogP contribution in [0.25, 0.3) is 0 Å². The largest absolute Gasteiger partial charge is 0.510 e. The standard InChI is InChI=1S/C19H17N3O4/c1-3-17(24)26-16-11-9-15(10-12-16)21-22-18(13(2)23)19(25)20-14-7-5-4-6-8-14/h3-12,23H,1H2,2H3,(H,20,25). The third kappa shape index (κ3) is 5.41. The molecule has 0 aliphatic rings. The zero-order valence-corrected chi connectivity index (χ0v) is 14.0. The van der Waals surface area contributed by atoms with Gasteiger partial charge in [0.15, 0.2) is 5.70 Å². The second-order valence-corrected chi connectivity index (χ2v) is 5.07. The molecule has 0 aliphatic carbocycles. The van der Waals surface area contributed by atoms with Gasteiger partial charge in [0.1, 0.15) is 11.5 Å². The van der Waals surface area contributed by atoms with E-state index in [2.05, 4.69) is 22.1 Å². The molecule has 7 nitrogen and oxygen atoms in total. The summed E-state index contributed by atoms with van der Waals surface area (Å²) in [6.07, 6.45) is 1.06. The van der Waals surface area contributed by atoms with E-state index < -0.39 is 11.9 Å². The Labute approximate surface area is 150 Å². The van der Waals surface area contributed by atoms with Crippen LogP contribution in [0.1, 0.15) is 6.92 Å². The molecule has 2 aromatic rings. The summed E-state index contributed by atoms with van der Waals surface area (Å²) in [6.45, 7) is 4.66. The number of benzene rings is 2. The number of nitrogens with one attached hydrogen (secondary N) is 1. The van der Waals surface area contributed by atoms with E-state index in [1.54, 1.807) is 36.4 Å². The third-order valence-electron chi connectivity index (χ3n) is 3.08. The zero-order valence-electron chi connectivity index (χ0n) is 14.0. The van der Waals surface area contributed by atoms with E-state index in [1.165, 1.54) is 19.1 Å². The summed E-state index contributed by atoms with van der Waals surface area (Å²) in [6, 6.07) is 14.9. The Bertz CT molecular complexity index is 852. The number of carbonyl (C=O) groups excluding carboxylic acids is 2. The number of aliphatic hydroxyl groups excluding tert-OH is 1. The number of ether oxygens (including phenoxy) is 1. The number of nitrogens with zero attached hydrogens (tertiary/aromatic N) is 2. The van der Waals surface area contributed by atoms with Crippen molar-refractivity contribution in [2.75, 3.05) is 5.32 Å². The summed E-state index contributed by atoms with van der Waals surface area (Å²) >= 11 is 0. The first-order chi connectivity index (χ1) is 12.5. The summed E-state index contributed by atoms with van der Waals surface area (Å²) in [5.41, 5.74) is 0.769. The van der Waals surface area contributed by atoms with E-state index in [1.807, 2.05) is 6.07 Å². The number of allylic oxidation sites excluding steroid dienone is 1. The second kappa shape index (κ2) is 8.93. The minimum absolute atomic E-state index is 0.212. The average Bonchev–Trinajstić information content (AvgIpc) is 2.63. The van der Waals surface area contributed by atoms with Crippen LogP contribution in [0, 0.1) is 0 Å². The number of para-hydroxylation sites is 1. The average molecular weight is 351 g/mol. The Morgan fingerprint density at radius 2 is 1.77 bits per heavy atom. The van der Waals surface area contributed by atoms with Crippen molar-refractivity contribution in [3.63, 3.8) is 0 Å². The predicted molar refractivity (Wildman–Crippen MR) is 97.2 cm³/mol. The first-order valence-corrected chi connectivity index (χ1v) is 7.62. The number of hydrogen-bond donors (Lipinski definition) is 2. The summed E-state index contributed by atoms with van der Waals surface area (Å²) in [7, 11) is 0.